The van der Waals surface area contributed by atoms with E-state index in [1.807, 2.05) is 31.2 Å². The summed E-state index contributed by atoms with van der Waals surface area (Å²) in [4.78, 5) is 50.7. The number of likely N-dealkylation sites (tertiary alicyclic amines) is 1. The van der Waals surface area contributed by atoms with Gasteiger partial charge in [0.05, 0.1) is 72.7 Å². The molecule has 26 nitrogen and oxygen atoms in total. The van der Waals surface area contributed by atoms with Crippen LogP contribution in [0, 0.1) is 11.8 Å². The average Bonchev–Trinajstić information content (AvgIpc) is 3.30. The first-order chi connectivity index (χ1) is 33.1. The van der Waals surface area contributed by atoms with Gasteiger partial charge in [0.25, 0.3) is 0 Å². The number of hydrogen-bond acceptors (Lipinski definition) is 25. The Labute approximate surface area is 402 Å². The van der Waals surface area contributed by atoms with E-state index in [0.29, 0.717) is 46.2 Å². The number of nitrogens with zero attached hydrogens (tertiary/aromatic N) is 6. The molecule has 9 atom stereocenters. The van der Waals surface area contributed by atoms with Crippen LogP contribution in [-0.2, 0) is 64.0 Å². The van der Waals surface area contributed by atoms with E-state index in [0.717, 1.165) is 49.9 Å². The zero-order valence-electron chi connectivity index (χ0n) is 39.9. The Morgan fingerprint density at radius 1 is 0.797 bits per heavy atom. The van der Waals surface area contributed by atoms with Gasteiger partial charge in [-0.25, -0.2) is 19.4 Å². The van der Waals surface area contributed by atoms with E-state index in [4.69, 9.17) is 58.9 Å². The van der Waals surface area contributed by atoms with E-state index in [1.165, 1.54) is 0 Å². The fraction of sp³-hybridized carbons (Fsp3) is 0.814. The number of amides is 1. The van der Waals surface area contributed by atoms with Crippen molar-refractivity contribution in [2.45, 2.75) is 127 Å². The van der Waals surface area contributed by atoms with Gasteiger partial charge < -0.3 is 33.3 Å². The summed E-state index contributed by atoms with van der Waals surface area (Å²) in [5.41, 5.74) is 1.72. The van der Waals surface area contributed by atoms with Gasteiger partial charge in [0.15, 0.2) is 0 Å². The largest absolute Gasteiger partial charge is 0.460 e. The van der Waals surface area contributed by atoms with Crippen molar-refractivity contribution in [3.63, 3.8) is 0 Å². The third-order valence-corrected chi connectivity index (χ3v) is 12.3. The molecule has 2 saturated heterocycles. The first kappa shape index (κ1) is 58.8. The number of carbonyl (C=O) groups excluding carboxylic acids is 2. The summed E-state index contributed by atoms with van der Waals surface area (Å²) < 4.78 is 36.2. The summed E-state index contributed by atoms with van der Waals surface area (Å²) in [5.74, 6) is -1.14. The molecular formula is C43H76N6O20. The van der Waals surface area contributed by atoms with Gasteiger partial charge in [0.2, 0.25) is 5.91 Å². The molecule has 0 aromatic heterocycles. The van der Waals surface area contributed by atoms with Gasteiger partial charge in [-0.2, -0.15) is 0 Å². The molecule has 1 aromatic rings. The number of hydrogen-bond donors (Lipinski definition) is 8. The SMILES string of the molecule is CCOCC(C)COCc1ccc(C2C(OCC3CCC4OCCN(CCCOC)C4C3)CN(C(=O)CCCC(CON(O)O)ON(O)O)CC2OC(=O)CCCC(CON(O)O)ON(O)O)cc1. The third kappa shape index (κ3) is 22.3. The van der Waals surface area contributed by atoms with Crippen LogP contribution in [-0.4, -0.2) is 208 Å². The van der Waals surface area contributed by atoms with Gasteiger partial charge in [0, 0.05) is 71.4 Å². The molecule has 398 valence electrons. The maximum atomic E-state index is 14.1. The number of esters is 1. The molecule has 1 aromatic carbocycles. The average molecular weight is 997 g/mol. The van der Waals surface area contributed by atoms with Crippen molar-refractivity contribution in [2.24, 2.45) is 11.8 Å². The van der Waals surface area contributed by atoms with Crippen LogP contribution in [0.15, 0.2) is 24.3 Å². The van der Waals surface area contributed by atoms with Crippen LogP contribution in [0.1, 0.15) is 95.1 Å². The van der Waals surface area contributed by atoms with E-state index in [2.05, 4.69) is 21.5 Å². The Kier molecular flexibility index (Phi) is 27.6. The highest BCUT2D eigenvalue weighted by Crippen LogP contribution is 2.37. The minimum Gasteiger partial charge on any atom is -0.460 e. The van der Waals surface area contributed by atoms with Crippen molar-refractivity contribution in [1.29, 1.82) is 0 Å². The number of piperidine rings is 1. The minimum absolute atomic E-state index is 0.00819. The van der Waals surface area contributed by atoms with Crippen molar-refractivity contribution in [3.05, 3.63) is 35.4 Å². The predicted octanol–water partition coefficient (Wildman–Crippen LogP) is 3.13. The molecule has 2 heterocycles. The lowest BCUT2D eigenvalue weighted by atomic mass is 9.81. The molecule has 9 unspecified atom stereocenters. The smallest absolute Gasteiger partial charge is 0.306 e. The van der Waals surface area contributed by atoms with Gasteiger partial charge in [0.1, 0.15) is 31.5 Å². The summed E-state index contributed by atoms with van der Waals surface area (Å²) in [6, 6.07) is 7.99. The summed E-state index contributed by atoms with van der Waals surface area (Å²) in [7, 11) is 1.70. The van der Waals surface area contributed by atoms with Gasteiger partial charge in [-0.15, -0.1) is 0 Å². The maximum Gasteiger partial charge on any atom is 0.306 e. The number of morpholine rings is 1. The van der Waals surface area contributed by atoms with Gasteiger partial charge in [-0.1, -0.05) is 31.2 Å². The summed E-state index contributed by atoms with van der Waals surface area (Å²) in [5, 5.41) is 70.6. The molecule has 3 aliphatic rings. The zero-order chi connectivity index (χ0) is 50.1. The van der Waals surface area contributed by atoms with E-state index >= 15 is 0 Å². The van der Waals surface area contributed by atoms with Crippen molar-refractivity contribution in [2.75, 3.05) is 86.1 Å². The first-order valence-corrected chi connectivity index (χ1v) is 23.6. The maximum absolute atomic E-state index is 14.1. The molecule has 1 amide bonds. The molecule has 4 rings (SSSR count). The lowest BCUT2D eigenvalue weighted by Gasteiger charge is -2.47. The van der Waals surface area contributed by atoms with Crippen molar-refractivity contribution in [1.82, 2.24) is 31.4 Å². The van der Waals surface area contributed by atoms with Crippen molar-refractivity contribution >= 4 is 11.9 Å². The summed E-state index contributed by atoms with van der Waals surface area (Å²) >= 11 is 0. The molecule has 1 saturated carbocycles. The molecule has 69 heavy (non-hydrogen) atoms. The number of methoxy groups -OCH3 is 1. The zero-order valence-corrected chi connectivity index (χ0v) is 39.9. The standard InChI is InChI=1S/C43H76N6O20/c1-4-61-25-31(2)26-62-27-32-12-15-34(16-13-32)43-39(64-28-33-14-17-38-37(22-33)44(19-21-63-38)18-7-20-60-3)23-45(41(50)10-5-8-35(68-48(56)57)29-65-46(52)53)24-40(43)67-42(51)11-6-9-36(69-49(58)59)30-66-47(54)55/h12-13,15-16,31,33,35-40,43,52-59H,4-11,14,17-30H2,1-3H3. The van der Waals surface area contributed by atoms with Crippen LogP contribution in [0.4, 0.5) is 0 Å². The van der Waals surface area contributed by atoms with Gasteiger partial charge in [-0.3, -0.25) is 56.1 Å². The molecule has 2 aliphatic heterocycles. The Hall–Kier alpha value is -2.72. The molecule has 0 spiro atoms. The first-order valence-electron chi connectivity index (χ1n) is 23.6. The summed E-state index contributed by atoms with van der Waals surface area (Å²) in [6.45, 7) is 8.59. The normalized spacial score (nSPS) is 23.7. The molecule has 1 aliphatic carbocycles. The molecule has 0 radical (unpaired) electrons. The molecular weight excluding hydrogens is 920 g/mol. The van der Waals surface area contributed by atoms with Gasteiger partial charge in [-0.05, 0) is 75.3 Å². The number of carbonyl (C=O) groups is 2. The minimum atomic E-state index is -1.12. The highest BCUT2D eigenvalue weighted by atomic mass is 17.1. The highest BCUT2D eigenvalue weighted by molar-refractivity contribution is 5.76. The van der Waals surface area contributed by atoms with Crippen LogP contribution >= 0.6 is 0 Å². The van der Waals surface area contributed by atoms with Crippen molar-refractivity contribution < 1.29 is 99.0 Å². The predicted molar refractivity (Wildman–Crippen MR) is 231 cm³/mol. The third-order valence-electron chi connectivity index (χ3n) is 12.3. The molecule has 8 N–H and O–H groups in total. The Balaban J connectivity index is 1.58. The van der Waals surface area contributed by atoms with Crippen LogP contribution in [0.3, 0.4) is 0 Å². The Bertz CT molecular complexity index is 1560. The number of ether oxygens (including phenoxy) is 6. The van der Waals surface area contributed by atoms with Crippen LogP contribution < -0.4 is 0 Å². The fourth-order valence-corrected chi connectivity index (χ4v) is 9.07. The molecule has 0 bridgehead atoms. The lowest BCUT2D eigenvalue weighted by molar-refractivity contribution is -0.527. The monoisotopic (exact) mass is 997 g/mol. The Morgan fingerprint density at radius 3 is 2.06 bits per heavy atom. The molecule has 3 fully saturated rings. The van der Waals surface area contributed by atoms with Gasteiger partial charge >= 0.3 is 5.97 Å². The summed E-state index contributed by atoms with van der Waals surface area (Å²) in [6.07, 6.45) is -0.180. The molecule has 26 heteroatoms. The highest BCUT2D eigenvalue weighted by Gasteiger charge is 2.44. The Morgan fingerprint density at radius 2 is 1.43 bits per heavy atom. The lowest BCUT2D eigenvalue weighted by Crippen LogP contribution is -2.56. The van der Waals surface area contributed by atoms with E-state index in [9.17, 15) is 30.4 Å². The topological polar surface area (TPSA) is 308 Å². The second-order valence-corrected chi connectivity index (χ2v) is 17.6. The van der Waals surface area contributed by atoms with Crippen molar-refractivity contribution in [3.8, 4) is 0 Å². The van der Waals surface area contributed by atoms with E-state index in [1.54, 1.807) is 12.0 Å². The van der Waals surface area contributed by atoms with E-state index in [-0.39, 0.29) is 81.5 Å². The number of rotatable bonds is 34. The van der Waals surface area contributed by atoms with E-state index < -0.39 is 71.1 Å². The second-order valence-electron chi connectivity index (χ2n) is 17.6. The fourth-order valence-electron chi connectivity index (χ4n) is 9.07. The number of fused-ring (bicyclic) bond motifs is 1. The van der Waals surface area contributed by atoms with Crippen LogP contribution in [0.25, 0.3) is 0 Å². The van der Waals surface area contributed by atoms with Crippen LogP contribution in [0.5, 0.6) is 0 Å². The number of benzene rings is 1. The quantitative estimate of drug-likeness (QED) is 0.0279. The van der Waals surface area contributed by atoms with Crippen LogP contribution in [0.2, 0.25) is 0 Å². The second kappa shape index (κ2) is 32.4.